The molecule has 0 saturated heterocycles. The van der Waals surface area contributed by atoms with Crippen molar-refractivity contribution in [1.82, 2.24) is 0 Å². The summed E-state index contributed by atoms with van der Waals surface area (Å²) in [5, 5.41) is 0. The van der Waals surface area contributed by atoms with Crippen LogP contribution in [0.1, 0.15) is 20.8 Å². The van der Waals surface area contributed by atoms with Crippen molar-refractivity contribution in [3.63, 3.8) is 0 Å². The third kappa shape index (κ3) is 4.01. The maximum Gasteiger partial charge on any atom is 0.260 e. The highest BCUT2D eigenvalue weighted by Gasteiger charge is 2.32. The largest absolute Gasteiger partial charge is 0.322 e. The summed E-state index contributed by atoms with van der Waals surface area (Å²) >= 11 is 0. The van der Waals surface area contributed by atoms with Crippen LogP contribution in [0.5, 0.6) is 0 Å². The van der Waals surface area contributed by atoms with E-state index in [0.29, 0.717) is 0 Å². The van der Waals surface area contributed by atoms with Crippen LogP contribution in [-0.4, -0.2) is 12.0 Å². The van der Waals surface area contributed by atoms with Crippen molar-refractivity contribution < 1.29 is 8.78 Å². The van der Waals surface area contributed by atoms with Gasteiger partial charge in [0.2, 0.25) is 0 Å². The molecule has 64 valence electrons. The molecule has 4 heteroatoms. The fraction of sp³-hybridized carbons (Fsp3) is 1.00. The highest BCUT2D eigenvalue weighted by Crippen LogP contribution is 2.20. The van der Waals surface area contributed by atoms with E-state index >= 15 is 0 Å². The molecule has 0 aromatic rings. The van der Waals surface area contributed by atoms with Crippen molar-refractivity contribution in [3.8, 4) is 0 Å². The quantitative estimate of drug-likeness (QED) is 0.680. The smallest absolute Gasteiger partial charge is 0.260 e. The molecule has 0 aliphatic carbocycles. The lowest BCUT2D eigenvalue weighted by Crippen LogP contribution is -2.42. The Morgan fingerprint density at radius 1 is 1.30 bits per heavy atom. The summed E-state index contributed by atoms with van der Waals surface area (Å²) in [7, 11) is 0. The number of halogens is 3. The van der Waals surface area contributed by atoms with Crippen LogP contribution in [0.15, 0.2) is 0 Å². The van der Waals surface area contributed by atoms with Crippen LogP contribution in [0.25, 0.3) is 0 Å². The van der Waals surface area contributed by atoms with Gasteiger partial charge in [0, 0.05) is 6.92 Å². The lowest BCUT2D eigenvalue weighted by atomic mass is 10.0. The Bertz CT molecular complexity index is 90.2. The third-order valence-corrected chi connectivity index (χ3v) is 1.30. The molecule has 0 heterocycles. The summed E-state index contributed by atoms with van der Waals surface area (Å²) in [4.78, 5) is 0. The molecule has 0 aromatic heterocycles. The van der Waals surface area contributed by atoms with E-state index in [2.05, 4.69) is 0 Å². The molecular formula is C6H14ClF2N. The van der Waals surface area contributed by atoms with Crippen LogP contribution in [0.3, 0.4) is 0 Å². The summed E-state index contributed by atoms with van der Waals surface area (Å²) in [6, 6.07) is -1.02. The molecule has 0 radical (unpaired) electrons. The fourth-order valence-corrected chi connectivity index (χ4v) is 0.585. The Kier molecular flexibility index (Phi) is 5.21. The molecular weight excluding hydrogens is 160 g/mol. The highest BCUT2D eigenvalue weighted by atomic mass is 35.5. The zero-order valence-corrected chi connectivity index (χ0v) is 7.21. The first kappa shape index (κ1) is 12.8. The van der Waals surface area contributed by atoms with Crippen molar-refractivity contribution in [1.29, 1.82) is 0 Å². The second-order valence-electron chi connectivity index (χ2n) is 2.73. The van der Waals surface area contributed by atoms with Gasteiger partial charge in [-0.15, -0.1) is 12.4 Å². The third-order valence-electron chi connectivity index (χ3n) is 1.30. The predicted molar refractivity (Wildman–Crippen MR) is 40.7 cm³/mol. The molecule has 0 bridgehead atoms. The minimum atomic E-state index is -2.74. The van der Waals surface area contributed by atoms with Crippen LogP contribution in [0, 0.1) is 5.92 Å². The molecule has 0 fully saturated rings. The average Bonchev–Trinajstić information content (AvgIpc) is 1.62. The van der Waals surface area contributed by atoms with E-state index in [1.165, 1.54) is 0 Å². The van der Waals surface area contributed by atoms with Gasteiger partial charge < -0.3 is 5.73 Å². The highest BCUT2D eigenvalue weighted by molar-refractivity contribution is 5.85. The number of rotatable bonds is 2. The number of nitrogens with two attached hydrogens (primary N) is 1. The van der Waals surface area contributed by atoms with E-state index < -0.39 is 12.0 Å². The van der Waals surface area contributed by atoms with Crippen LogP contribution in [-0.2, 0) is 0 Å². The van der Waals surface area contributed by atoms with Gasteiger partial charge >= 0.3 is 0 Å². The van der Waals surface area contributed by atoms with E-state index in [0.717, 1.165) is 6.92 Å². The van der Waals surface area contributed by atoms with Gasteiger partial charge in [0.05, 0.1) is 6.04 Å². The molecule has 0 saturated carbocycles. The SMILES string of the molecule is CC(C)[C@@H](N)C(C)(F)F.Cl. The van der Waals surface area contributed by atoms with Crippen LogP contribution < -0.4 is 5.73 Å². The molecule has 10 heavy (non-hydrogen) atoms. The van der Waals surface area contributed by atoms with Crippen molar-refractivity contribution in [2.75, 3.05) is 0 Å². The Balaban J connectivity index is 0. The standard InChI is InChI=1S/C6H13F2N.ClH/c1-4(2)5(9)6(3,7)8;/h4-5H,9H2,1-3H3;1H/t5-;/m1./s1. The van der Waals surface area contributed by atoms with E-state index in [9.17, 15) is 8.78 Å². The summed E-state index contributed by atoms with van der Waals surface area (Å²) in [6.07, 6.45) is 0. The zero-order chi connectivity index (χ0) is 7.65. The second-order valence-corrected chi connectivity index (χ2v) is 2.73. The molecule has 0 aromatic carbocycles. The molecule has 0 aliphatic rings. The molecule has 0 rings (SSSR count). The van der Waals surface area contributed by atoms with Crippen molar-refractivity contribution >= 4 is 12.4 Å². The number of alkyl halides is 2. The second kappa shape index (κ2) is 4.09. The Hall–Kier alpha value is 0.110. The van der Waals surface area contributed by atoms with Gasteiger partial charge in [-0.3, -0.25) is 0 Å². The summed E-state index contributed by atoms with van der Waals surface area (Å²) in [5.74, 6) is -2.90. The summed E-state index contributed by atoms with van der Waals surface area (Å²) < 4.78 is 24.5. The van der Waals surface area contributed by atoms with Gasteiger partial charge in [0.25, 0.3) is 5.92 Å². The molecule has 2 N–H and O–H groups in total. The zero-order valence-electron chi connectivity index (χ0n) is 6.40. The maximum absolute atomic E-state index is 12.2. The Morgan fingerprint density at radius 3 is 1.60 bits per heavy atom. The topological polar surface area (TPSA) is 26.0 Å². The van der Waals surface area contributed by atoms with E-state index in [-0.39, 0.29) is 18.3 Å². The van der Waals surface area contributed by atoms with E-state index in [1.807, 2.05) is 0 Å². The van der Waals surface area contributed by atoms with E-state index in [4.69, 9.17) is 5.73 Å². The molecule has 0 spiro atoms. The number of hydrogen-bond acceptors (Lipinski definition) is 1. The summed E-state index contributed by atoms with van der Waals surface area (Å²) in [6.45, 7) is 4.21. The fourth-order valence-electron chi connectivity index (χ4n) is 0.585. The van der Waals surface area contributed by atoms with Crippen LogP contribution in [0.4, 0.5) is 8.78 Å². The van der Waals surface area contributed by atoms with Gasteiger partial charge in [0.1, 0.15) is 0 Å². The van der Waals surface area contributed by atoms with Crippen molar-refractivity contribution in [3.05, 3.63) is 0 Å². The molecule has 0 amide bonds. The normalized spacial score (nSPS) is 14.7. The first-order valence-electron chi connectivity index (χ1n) is 2.99. The van der Waals surface area contributed by atoms with E-state index in [1.54, 1.807) is 13.8 Å². The van der Waals surface area contributed by atoms with Gasteiger partial charge in [-0.2, -0.15) is 0 Å². The predicted octanol–water partition coefficient (Wildman–Crippen LogP) is 2.05. The molecule has 1 atom stereocenters. The van der Waals surface area contributed by atoms with Crippen molar-refractivity contribution in [2.24, 2.45) is 11.7 Å². The average molecular weight is 174 g/mol. The van der Waals surface area contributed by atoms with Gasteiger partial charge in [-0.25, -0.2) is 8.78 Å². The Morgan fingerprint density at radius 2 is 1.60 bits per heavy atom. The molecule has 0 unspecified atom stereocenters. The lowest BCUT2D eigenvalue weighted by Gasteiger charge is -2.22. The monoisotopic (exact) mass is 173 g/mol. The lowest BCUT2D eigenvalue weighted by molar-refractivity contribution is -0.0194. The maximum atomic E-state index is 12.2. The molecule has 1 nitrogen and oxygen atoms in total. The Labute approximate surface area is 66.4 Å². The van der Waals surface area contributed by atoms with Gasteiger partial charge in [-0.05, 0) is 5.92 Å². The number of hydrogen-bond donors (Lipinski definition) is 1. The first-order valence-corrected chi connectivity index (χ1v) is 2.99. The van der Waals surface area contributed by atoms with Crippen molar-refractivity contribution in [2.45, 2.75) is 32.7 Å². The van der Waals surface area contributed by atoms with Gasteiger partial charge in [-0.1, -0.05) is 13.8 Å². The minimum Gasteiger partial charge on any atom is -0.322 e. The summed E-state index contributed by atoms with van der Waals surface area (Å²) in [5.41, 5.74) is 5.14. The van der Waals surface area contributed by atoms with Crippen LogP contribution in [0.2, 0.25) is 0 Å². The van der Waals surface area contributed by atoms with Gasteiger partial charge in [0.15, 0.2) is 0 Å². The first-order chi connectivity index (χ1) is 3.85. The van der Waals surface area contributed by atoms with Crippen LogP contribution >= 0.6 is 12.4 Å². The minimum absolute atomic E-state index is 0. The molecule has 0 aliphatic heterocycles.